The van der Waals surface area contributed by atoms with Crippen molar-refractivity contribution in [2.75, 3.05) is 53.6 Å². The number of nitrogens with zero attached hydrogens (tertiary/aromatic N) is 4. The third kappa shape index (κ3) is 5.17. The number of halogens is 1. The Morgan fingerprint density at radius 3 is 2.50 bits per heavy atom. The number of amidine groups is 1. The number of hydrogen-bond donors (Lipinski definition) is 0. The van der Waals surface area contributed by atoms with Gasteiger partial charge in [-0.1, -0.05) is 35.5 Å². The predicted octanol–water partition coefficient (Wildman–Crippen LogP) is 3.27. The van der Waals surface area contributed by atoms with Crippen LogP contribution in [0, 0.1) is 0 Å². The molecule has 0 aromatic heterocycles. The Bertz CT molecular complexity index is 1030. The van der Waals surface area contributed by atoms with E-state index in [0.29, 0.717) is 36.0 Å². The zero-order chi connectivity index (χ0) is 24.2. The Morgan fingerprint density at radius 2 is 1.85 bits per heavy atom. The van der Waals surface area contributed by atoms with Crippen LogP contribution in [0.15, 0.2) is 51.6 Å². The van der Waals surface area contributed by atoms with Crippen molar-refractivity contribution in [3.8, 4) is 0 Å². The largest absolute Gasteiger partial charge is 0.466 e. The van der Waals surface area contributed by atoms with E-state index in [9.17, 15) is 9.59 Å². The monoisotopic (exact) mass is 504 g/mol. The summed E-state index contributed by atoms with van der Waals surface area (Å²) in [6.45, 7) is 6.43. The third-order valence-corrected chi connectivity index (χ3v) is 7.40. The van der Waals surface area contributed by atoms with E-state index in [-0.39, 0.29) is 12.3 Å². The first kappa shape index (κ1) is 24.8. The molecule has 3 aliphatic heterocycles. The Labute approximate surface area is 209 Å². The fraction of sp³-hybridized carbons (Fsp3) is 0.458. The minimum absolute atomic E-state index is 0.0697. The number of benzene rings is 1. The van der Waals surface area contributed by atoms with E-state index in [2.05, 4.69) is 9.89 Å². The topological polar surface area (TPSA) is 74.7 Å². The van der Waals surface area contributed by atoms with Crippen molar-refractivity contribution in [3.05, 3.63) is 57.2 Å². The highest BCUT2D eigenvalue weighted by Gasteiger charge is 2.41. The fourth-order valence-corrected chi connectivity index (χ4v) is 5.50. The zero-order valence-corrected chi connectivity index (χ0v) is 21.2. The fourth-order valence-electron chi connectivity index (χ4n) is 4.41. The number of carbonyl (C=O) groups is 2. The number of aliphatic imine (C=N–C) groups is 1. The summed E-state index contributed by atoms with van der Waals surface area (Å²) in [5.41, 5.74) is 2.77. The number of piperazine rings is 1. The van der Waals surface area contributed by atoms with Crippen molar-refractivity contribution in [1.82, 2.24) is 14.7 Å². The lowest BCUT2D eigenvalue weighted by Gasteiger charge is -2.37. The molecular weight excluding hydrogens is 476 g/mol. The molecule has 0 spiro atoms. The minimum Gasteiger partial charge on any atom is -0.466 e. The maximum Gasteiger partial charge on any atom is 0.338 e. The number of thioether (sulfide) groups is 1. The van der Waals surface area contributed by atoms with Crippen molar-refractivity contribution in [2.24, 2.45) is 4.99 Å². The number of esters is 1. The van der Waals surface area contributed by atoms with Gasteiger partial charge in [-0.15, -0.1) is 0 Å². The normalized spacial score (nSPS) is 20.8. The molecule has 1 fully saturated rings. The molecule has 34 heavy (non-hydrogen) atoms. The number of hydrogen-bond acceptors (Lipinski definition) is 8. The summed E-state index contributed by atoms with van der Waals surface area (Å²) in [5, 5.41) is 3.32. The van der Waals surface area contributed by atoms with Gasteiger partial charge < -0.3 is 19.3 Å². The Kier molecular flexibility index (Phi) is 7.98. The van der Waals surface area contributed by atoms with E-state index in [1.165, 1.54) is 18.9 Å². The summed E-state index contributed by atoms with van der Waals surface area (Å²) in [5.74, 6) is -0.366. The van der Waals surface area contributed by atoms with Gasteiger partial charge in [0.25, 0.3) is 0 Å². The number of methoxy groups -OCH3 is 2. The molecule has 0 radical (unpaired) electrons. The second kappa shape index (κ2) is 10.9. The molecule has 0 saturated carbocycles. The Hall–Kier alpha value is -2.33. The molecule has 0 bridgehead atoms. The lowest BCUT2D eigenvalue weighted by molar-refractivity contribution is -0.136. The summed E-state index contributed by atoms with van der Waals surface area (Å²) in [6, 6.07) is 6.94. The van der Waals surface area contributed by atoms with Crippen LogP contribution in [0.25, 0.3) is 0 Å². The number of rotatable bonds is 7. The highest BCUT2D eigenvalue weighted by atomic mass is 35.5. The average Bonchev–Trinajstić information content (AvgIpc) is 3.24. The molecule has 10 heteroatoms. The van der Waals surface area contributed by atoms with Crippen LogP contribution >= 0.6 is 23.4 Å². The van der Waals surface area contributed by atoms with E-state index in [0.717, 1.165) is 36.1 Å². The number of ether oxygens (including phenoxy) is 2. The first-order valence-electron chi connectivity index (χ1n) is 11.2. The van der Waals surface area contributed by atoms with Crippen LogP contribution in [-0.4, -0.2) is 85.3 Å². The molecule has 1 aromatic carbocycles. The number of allylic oxidation sites excluding steroid dienone is 1. The van der Waals surface area contributed by atoms with Crippen LogP contribution < -0.4 is 0 Å². The highest BCUT2D eigenvalue weighted by molar-refractivity contribution is 8.16. The maximum absolute atomic E-state index is 13.2. The first-order chi connectivity index (χ1) is 16.4. The molecule has 0 unspecified atom stereocenters. The van der Waals surface area contributed by atoms with E-state index in [1.54, 1.807) is 19.2 Å². The molecule has 1 saturated heterocycles. The molecule has 0 N–H and O–H groups in total. The van der Waals surface area contributed by atoms with Crippen LogP contribution in [0.3, 0.4) is 0 Å². The molecule has 8 nitrogen and oxygen atoms in total. The molecule has 4 rings (SSSR count). The Morgan fingerprint density at radius 1 is 1.15 bits per heavy atom. The summed E-state index contributed by atoms with van der Waals surface area (Å²) in [6.07, 6.45) is 0.238. The van der Waals surface area contributed by atoms with Crippen molar-refractivity contribution in [2.45, 2.75) is 19.4 Å². The summed E-state index contributed by atoms with van der Waals surface area (Å²) < 4.78 is 10.3. The molecule has 0 aliphatic carbocycles. The smallest absolute Gasteiger partial charge is 0.338 e. The molecule has 1 amide bonds. The zero-order valence-electron chi connectivity index (χ0n) is 19.6. The van der Waals surface area contributed by atoms with Crippen LogP contribution in [0.4, 0.5) is 0 Å². The summed E-state index contributed by atoms with van der Waals surface area (Å²) in [7, 11) is 3.07. The molecule has 3 aliphatic rings. The predicted molar refractivity (Wildman–Crippen MR) is 133 cm³/mol. The SMILES string of the molecule is COCCN1CCN(C(=O)CC2=CSC3=NC(C)=C(C(=O)OC)[C@@H](c4ccc(Cl)cc4)N23)CC1. The van der Waals surface area contributed by atoms with Crippen LogP contribution in [-0.2, 0) is 19.1 Å². The van der Waals surface area contributed by atoms with Gasteiger partial charge in [0.1, 0.15) is 0 Å². The maximum atomic E-state index is 13.2. The van der Waals surface area contributed by atoms with E-state index >= 15 is 0 Å². The van der Waals surface area contributed by atoms with Gasteiger partial charge in [-0.25, -0.2) is 9.79 Å². The summed E-state index contributed by atoms with van der Waals surface area (Å²) in [4.78, 5) is 36.9. The highest BCUT2D eigenvalue weighted by Crippen LogP contribution is 2.45. The second-order valence-electron chi connectivity index (χ2n) is 8.33. The van der Waals surface area contributed by atoms with Gasteiger partial charge in [-0.3, -0.25) is 9.69 Å². The molecule has 1 aromatic rings. The van der Waals surface area contributed by atoms with Gasteiger partial charge >= 0.3 is 5.97 Å². The van der Waals surface area contributed by atoms with Gasteiger partial charge in [0.15, 0.2) is 5.17 Å². The quantitative estimate of drug-likeness (QED) is 0.527. The van der Waals surface area contributed by atoms with E-state index in [4.69, 9.17) is 21.1 Å². The van der Waals surface area contributed by atoms with Crippen LogP contribution in [0.2, 0.25) is 5.02 Å². The molecule has 1 atom stereocenters. The molecular formula is C24H29ClN4O4S. The van der Waals surface area contributed by atoms with E-state index in [1.807, 2.05) is 34.3 Å². The second-order valence-corrected chi connectivity index (χ2v) is 9.60. The lowest BCUT2D eigenvalue weighted by atomic mass is 9.94. The van der Waals surface area contributed by atoms with Crippen LogP contribution in [0.1, 0.15) is 24.9 Å². The van der Waals surface area contributed by atoms with Crippen molar-refractivity contribution in [1.29, 1.82) is 0 Å². The standard InChI is InChI=1S/C24H29ClN4O4S/c1-16-21(23(31)33-3)22(17-4-6-18(25)7-5-17)29-19(15-34-24(29)26-16)14-20(30)28-10-8-27(9-11-28)12-13-32-2/h4-7,15,22H,8-14H2,1-3H3/t22-/m1/s1. The van der Waals surface area contributed by atoms with Gasteiger partial charge in [0, 0.05) is 50.6 Å². The third-order valence-electron chi connectivity index (χ3n) is 6.26. The number of amides is 1. The minimum atomic E-state index is -0.447. The van der Waals surface area contributed by atoms with Crippen molar-refractivity contribution < 1.29 is 19.1 Å². The Balaban J connectivity index is 1.54. The summed E-state index contributed by atoms with van der Waals surface area (Å²) >= 11 is 7.59. The molecule has 182 valence electrons. The van der Waals surface area contributed by atoms with Gasteiger partial charge in [-0.05, 0) is 30.0 Å². The number of carbonyl (C=O) groups excluding carboxylic acids is 2. The van der Waals surface area contributed by atoms with Crippen molar-refractivity contribution >= 4 is 40.4 Å². The van der Waals surface area contributed by atoms with Gasteiger partial charge in [-0.2, -0.15) is 0 Å². The number of fused-ring (bicyclic) bond motifs is 1. The van der Waals surface area contributed by atoms with Gasteiger partial charge in [0.2, 0.25) is 5.91 Å². The average molecular weight is 505 g/mol. The first-order valence-corrected chi connectivity index (χ1v) is 12.5. The lowest BCUT2D eigenvalue weighted by Crippen LogP contribution is -2.49. The van der Waals surface area contributed by atoms with Gasteiger partial charge in [0.05, 0.1) is 37.4 Å². The van der Waals surface area contributed by atoms with E-state index < -0.39 is 12.0 Å². The molecule has 3 heterocycles. The van der Waals surface area contributed by atoms with Crippen LogP contribution in [0.5, 0.6) is 0 Å². The van der Waals surface area contributed by atoms with Crippen molar-refractivity contribution in [3.63, 3.8) is 0 Å².